The van der Waals surface area contributed by atoms with Crippen molar-refractivity contribution in [3.8, 4) is 11.9 Å². The molecule has 0 aliphatic heterocycles. The number of aliphatic hydroxyl groups excluding tert-OH is 2. The van der Waals surface area contributed by atoms with Crippen LogP contribution >= 0.6 is 11.6 Å². The van der Waals surface area contributed by atoms with Gasteiger partial charge in [-0.15, -0.1) is 0 Å². The molecule has 1 unspecified atom stereocenters. The molecule has 1 atom stereocenters. The third kappa shape index (κ3) is 3.39. The average Bonchev–Trinajstić information content (AvgIpc) is 2.85. The van der Waals surface area contributed by atoms with Crippen molar-refractivity contribution in [3.05, 3.63) is 40.3 Å². The number of aliphatic hydroxyl groups is 2. The molecule has 0 spiro atoms. The van der Waals surface area contributed by atoms with Crippen molar-refractivity contribution in [2.45, 2.75) is 25.9 Å². The molecule has 0 aliphatic rings. The largest absolute Gasteiger partial charge is 0.396 e. The lowest BCUT2D eigenvalue weighted by Crippen LogP contribution is -2.10. The lowest BCUT2D eigenvalue weighted by molar-refractivity contribution is 0.151. The number of hydrogen-bond acceptors (Lipinski definition) is 5. The van der Waals surface area contributed by atoms with Gasteiger partial charge in [0.1, 0.15) is 11.2 Å². The number of nitriles is 1. The molecule has 0 bridgehead atoms. The van der Waals surface area contributed by atoms with E-state index in [2.05, 4.69) is 10.1 Å². The van der Waals surface area contributed by atoms with Gasteiger partial charge in [0.15, 0.2) is 11.5 Å². The Hall–Kier alpha value is -1.94. The Labute approximate surface area is 127 Å². The van der Waals surface area contributed by atoms with Crippen LogP contribution in [0.1, 0.15) is 35.9 Å². The zero-order chi connectivity index (χ0) is 15.4. The first-order valence-electron chi connectivity index (χ1n) is 6.49. The van der Waals surface area contributed by atoms with Crippen molar-refractivity contribution < 1.29 is 10.2 Å². The monoisotopic (exact) mass is 306 g/mol. The predicted octanol–water partition coefficient (Wildman–Crippen LogP) is 1.91. The van der Waals surface area contributed by atoms with E-state index in [1.165, 1.54) is 4.68 Å². The van der Waals surface area contributed by atoms with Crippen LogP contribution < -0.4 is 0 Å². The van der Waals surface area contributed by atoms with E-state index < -0.39 is 6.10 Å². The van der Waals surface area contributed by atoms with Gasteiger partial charge in [0.05, 0.1) is 6.10 Å². The van der Waals surface area contributed by atoms with Crippen molar-refractivity contribution in [2.24, 2.45) is 0 Å². The second kappa shape index (κ2) is 6.68. The van der Waals surface area contributed by atoms with Crippen LogP contribution in [0.4, 0.5) is 0 Å². The first-order chi connectivity index (χ1) is 10.1. The summed E-state index contributed by atoms with van der Waals surface area (Å²) >= 11 is 5.93. The van der Waals surface area contributed by atoms with Gasteiger partial charge in [-0.3, -0.25) is 0 Å². The van der Waals surface area contributed by atoms with Gasteiger partial charge in [0, 0.05) is 17.9 Å². The van der Waals surface area contributed by atoms with Gasteiger partial charge in [-0.2, -0.15) is 10.4 Å². The summed E-state index contributed by atoms with van der Waals surface area (Å²) in [7, 11) is 0. The predicted molar refractivity (Wildman–Crippen MR) is 77.1 cm³/mol. The Morgan fingerprint density at radius 1 is 1.48 bits per heavy atom. The molecule has 6 nitrogen and oxygen atoms in total. The maximum Gasteiger partial charge on any atom is 0.163 e. The molecule has 2 rings (SSSR count). The highest BCUT2D eigenvalue weighted by Crippen LogP contribution is 2.26. The molecule has 0 aromatic carbocycles. The van der Waals surface area contributed by atoms with E-state index in [0.717, 1.165) is 5.69 Å². The third-order valence-corrected chi connectivity index (χ3v) is 3.28. The normalized spacial score (nSPS) is 12.1. The SMILES string of the molecule is Cc1cc(C#N)nn1-c1nc(Cl)ccc1C(O)CCCO. The van der Waals surface area contributed by atoms with E-state index in [0.29, 0.717) is 24.2 Å². The van der Waals surface area contributed by atoms with Gasteiger partial charge in [-0.05, 0) is 38.0 Å². The molecule has 0 saturated heterocycles. The molecule has 0 aliphatic carbocycles. The Morgan fingerprint density at radius 2 is 2.24 bits per heavy atom. The molecule has 2 aromatic heterocycles. The Balaban J connectivity index is 2.48. The summed E-state index contributed by atoms with van der Waals surface area (Å²) in [6.07, 6.45) is 0.0919. The first kappa shape index (κ1) is 15.4. The lowest BCUT2D eigenvalue weighted by atomic mass is 10.1. The van der Waals surface area contributed by atoms with Gasteiger partial charge in [0.25, 0.3) is 0 Å². The van der Waals surface area contributed by atoms with Gasteiger partial charge >= 0.3 is 0 Å². The van der Waals surface area contributed by atoms with Crippen LogP contribution in [-0.4, -0.2) is 31.6 Å². The van der Waals surface area contributed by atoms with E-state index in [4.69, 9.17) is 22.0 Å². The van der Waals surface area contributed by atoms with Crippen LogP contribution in [0, 0.1) is 18.3 Å². The standard InChI is InChI=1S/C14H15ClN4O2/c1-9-7-10(8-16)18-19(9)14-11(4-5-13(15)17-14)12(21)3-2-6-20/h4-5,7,12,20-21H,2-3,6H2,1H3. The van der Waals surface area contributed by atoms with Crippen LogP contribution in [0.5, 0.6) is 0 Å². The Kier molecular flexibility index (Phi) is 4.91. The molecule has 21 heavy (non-hydrogen) atoms. The highest BCUT2D eigenvalue weighted by Gasteiger charge is 2.18. The summed E-state index contributed by atoms with van der Waals surface area (Å²) in [6, 6.07) is 6.87. The minimum absolute atomic E-state index is 0.00674. The molecule has 0 fully saturated rings. The van der Waals surface area contributed by atoms with Crippen molar-refractivity contribution in [3.63, 3.8) is 0 Å². The average molecular weight is 307 g/mol. The van der Waals surface area contributed by atoms with Gasteiger partial charge in [0.2, 0.25) is 0 Å². The number of halogens is 1. The lowest BCUT2D eigenvalue weighted by Gasteiger charge is -2.15. The van der Waals surface area contributed by atoms with Crippen molar-refractivity contribution in [2.75, 3.05) is 6.61 Å². The molecule has 110 valence electrons. The fraction of sp³-hybridized carbons (Fsp3) is 0.357. The smallest absolute Gasteiger partial charge is 0.163 e. The quantitative estimate of drug-likeness (QED) is 0.823. The fourth-order valence-electron chi connectivity index (χ4n) is 2.05. The van der Waals surface area contributed by atoms with Gasteiger partial charge in [-0.1, -0.05) is 11.6 Å². The number of nitrogens with zero attached hydrogens (tertiary/aromatic N) is 4. The number of rotatable bonds is 5. The maximum atomic E-state index is 10.2. The Morgan fingerprint density at radius 3 is 2.86 bits per heavy atom. The van der Waals surface area contributed by atoms with E-state index >= 15 is 0 Å². The van der Waals surface area contributed by atoms with Crippen LogP contribution in [0.25, 0.3) is 5.82 Å². The summed E-state index contributed by atoms with van der Waals surface area (Å²) in [5.74, 6) is 0.395. The highest BCUT2D eigenvalue weighted by molar-refractivity contribution is 6.29. The summed E-state index contributed by atoms with van der Waals surface area (Å²) < 4.78 is 1.49. The van der Waals surface area contributed by atoms with E-state index in [1.54, 1.807) is 25.1 Å². The second-order valence-electron chi connectivity index (χ2n) is 4.62. The molecule has 2 N–H and O–H groups in total. The highest BCUT2D eigenvalue weighted by atomic mass is 35.5. The number of pyridine rings is 1. The minimum Gasteiger partial charge on any atom is -0.396 e. The van der Waals surface area contributed by atoms with Gasteiger partial charge in [-0.25, -0.2) is 9.67 Å². The van der Waals surface area contributed by atoms with Gasteiger partial charge < -0.3 is 10.2 Å². The number of aryl methyl sites for hydroxylation is 1. The molecule has 0 radical (unpaired) electrons. The van der Waals surface area contributed by atoms with Crippen molar-refractivity contribution in [1.82, 2.24) is 14.8 Å². The van der Waals surface area contributed by atoms with Crippen LogP contribution in [-0.2, 0) is 0 Å². The van der Waals surface area contributed by atoms with E-state index in [1.807, 2.05) is 6.07 Å². The van der Waals surface area contributed by atoms with Crippen LogP contribution in [0.3, 0.4) is 0 Å². The summed E-state index contributed by atoms with van der Waals surface area (Å²) in [4.78, 5) is 4.21. The van der Waals surface area contributed by atoms with Crippen LogP contribution in [0.15, 0.2) is 18.2 Å². The van der Waals surface area contributed by atoms with E-state index in [9.17, 15) is 5.11 Å². The fourth-order valence-corrected chi connectivity index (χ4v) is 2.19. The molecule has 0 amide bonds. The number of hydrogen-bond donors (Lipinski definition) is 2. The minimum atomic E-state index is -0.786. The summed E-state index contributed by atoms with van der Waals surface area (Å²) in [5.41, 5.74) is 1.55. The molecular formula is C14H15ClN4O2. The third-order valence-electron chi connectivity index (χ3n) is 3.07. The second-order valence-corrected chi connectivity index (χ2v) is 5.01. The van der Waals surface area contributed by atoms with E-state index in [-0.39, 0.29) is 17.5 Å². The zero-order valence-electron chi connectivity index (χ0n) is 11.5. The first-order valence-corrected chi connectivity index (χ1v) is 6.87. The van der Waals surface area contributed by atoms with Crippen molar-refractivity contribution >= 4 is 11.6 Å². The Bertz CT molecular complexity index is 678. The molecule has 0 saturated carbocycles. The van der Waals surface area contributed by atoms with Crippen molar-refractivity contribution in [1.29, 1.82) is 5.26 Å². The summed E-state index contributed by atoms with van der Waals surface area (Å²) in [5, 5.41) is 32.4. The summed E-state index contributed by atoms with van der Waals surface area (Å²) in [6.45, 7) is 1.80. The molecule has 2 heterocycles. The molecule has 2 aromatic rings. The van der Waals surface area contributed by atoms with Crippen LogP contribution in [0.2, 0.25) is 5.15 Å². The maximum absolute atomic E-state index is 10.2. The number of aromatic nitrogens is 3. The topological polar surface area (TPSA) is 95.0 Å². The zero-order valence-corrected chi connectivity index (χ0v) is 12.2. The molecular weight excluding hydrogens is 292 g/mol. The molecule has 7 heteroatoms.